The molecule has 0 radical (unpaired) electrons. The highest BCUT2D eigenvalue weighted by Crippen LogP contribution is 2.04. The number of hydrogen-bond donors (Lipinski definition) is 1. The fourth-order valence-electron chi connectivity index (χ4n) is 0.645. The first-order valence-electron chi connectivity index (χ1n) is 3.50. The highest BCUT2D eigenvalue weighted by atomic mass is 16.5. The molecule has 1 N–H and O–H groups in total. The number of aliphatic carboxylic acids is 1. The minimum Gasteiger partial charge on any atom is -0.478 e. The molecule has 0 aromatic carbocycles. The molecule has 1 rings (SSSR count). The van der Waals surface area contributed by atoms with Crippen molar-refractivity contribution in [3.05, 3.63) is 36.0 Å². The summed E-state index contributed by atoms with van der Waals surface area (Å²) in [4.78, 5) is 10.4. The summed E-state index contributed by atoms with van der Waals surface area (Å²) in [6.45, 7) is 0. The molecular formula is C8H8O2. The molecule has 52 valence electrons. The molecule has 1 aliphatic carbocycles. The summed E-state index contributed by atoms with van der Waals surface area (Å²) in [7, 11) is 0. The van der Waals surface area contributed by atoms with E-state index in [1.807, 2.05) is 0 Å². The molecule has 10 heavy (non-hydrogen) atoms. The van der Waals surface area contributed by atoms with Crippen LogP contribution in [0.2, 0.25) is 0 Å². The summed E-state index contributed by atoms with van der Waals surface area (Å²) in [6.07, 6.45) is 7.23. The van der Waals surface area contributed by atoms with Crippen LogP contribution in [0, 0.1) is 0 Å². The van der Waals surface area contributed by atoms with Gasteiger partial charge in [0.25, 0.3) is 0 Å². The van der Waals surface area contributed by atoms with Gasteiger partial charge in [0.05, 0.1) is 5.57 Å². The molecule has 1 aliphatic rings. The Morgan fingerprint density at radius 3 is 3.20 bits per heavy atom. The molecule has 0 bridgehead atoms. The Bertz CT molecular complexity index is 251. The van der Waals surface area contributed by atoms with Crippen molar-refractivity contribution in [1.29, 1.82) is 0 Å². The Morgan fingerprint density at radius 1 is 1.70 bits per heavy atom. The highest BCUT2D eigenvalue weighted by Gasteiger charge is 2.01. The molecule has 0 saturated carbocycles. The second-order valence-corrected chi connectivity index (χ2v) is 1.86. The van der Waals surface area contributed by atoms with Gasteiger partial charge in [0.2, 0.25) is 0 Å². The van der Waals surface area contributed by atoms with E-state index in [4.69, 9.17) is 6.48 Å². The van der Waals surface area contributed by atoms with Gasteiger partial charge in [-0.25, -0.2) is 4.79 Å². The molecule has 0 aromatic heterocycles. The summed E-state index contributed by atoms with van der Waals surface area (Å²) in [5.74, 6) is -0.984. The third kappa shape index (κ3) is 1.58. The molecular weight excluding hydrogens is 129 g/mol. The lowest BCUT2D eigenvalue weighted by Gasteiger charge is -1.89. The maximum absolute atomic E-state index is 10.4. The van der Waals surface area contributed by atoms with Crippen molar-refractivity contribution < 1.29 is 11.3 Å². The molecule has 0 amide bonds. The van der Waals surface area contributed by atoms with Crippen LogP contribution in [0.1, 0.15) is 7.77 Å². The topological polar surface area (TPSA) is 37.3 Å². The van der Waals surface area contributed by atoms with Gasteiger partial charge in [0.1, 0.15) is 0 Å². The van der Waals surface area contributed by atoms with E-state index in [-0.39, 0.29) is 5.57 Å². The average Bonchev–Trinajstić information content (AvgIpc) is 2.13. The number of allylic oxidation sites excluding steroid dienone is 4. The van der Waals surface area contributed by atoms with Gasteiger partial charge in [-0.05, 0) is 12.5 Å². The molecule has 1 atom stereocenters. The molecule has 2 nitrogen and oxygen atoms in total. The molecule has 0 spiro atoms. The van der Waals surface area contributed by atoms with E-state index >= 15 is 0 Å². The number of carboxylic acids is 1. The zero-order valence-corrected chi connectivity index (χ0v) is 5.32. The average molecular weight is 138 g/mol. The van der Waals surface area contributed by atoms with Gasteiger partial charge < -0.3 is 5.11 Å². The summed E-state index contributed by atoms with van der Waals surface area (Å²) >= 11 is 0. The van der Waals surface area contributed by atoms with Crippen molar-refractivity contribution in [1.82, 2.24) is 0 Å². The van der Waals surface area contributed by atoms with Crippen LogP contribution < -0.4 is 0 Å². The summed E-state index contributed by atoms with van der Waals surface area (Å²) in [6, 6.07) is 0. The van der Waals surface area contributed by atoms with Crippen LogP contribution in [0.15, 0.2) is 36.0 Å². The van der Waals surface area contributed by atoms with Crippen LogP contribution in [0.4, 0.5) is 0 Å². The Labute approximate surface area is 60.6 Å². The van der Waals surface area contributed by atoms with Crippen molar-refractivity contribution in [3.8, 4) is 0 Å². The molecule has 0 fully saturated rings. The lowest BCUT2D eigenvalue weighted by Crippen LogP contribution is -1.96. The molecule has 0 saturated heterocycles. The van der Waals surface area contributed by atoms with Crippen molar-refractivity contribution in [2.45, 2.75) is 6.40 Å². The summed E-state index contributed by atoms with van der Waals surface area (Å²) in [5, 5.41) is 8.55. The molecule has 0 heterocycles. The zero-order valence-electron chi connectivity index (χ0n) is 6.32. The Hall–Kier alpha value is -1.31. The van der Waals surface area contributed by atoms with E-state index in [2.05, 4.69) is 0 Å². The second kappa shape index (κ2) is 3.01. The Morgan fingerprint density at radius 2 is 2.50 bits per heavy atom. The van der Waals surface area contributed by atoms with Gasteiger partial charge in [-0.3, -0.25) is 0 Å². The number of rotatable bonds is 1. The van der Waals surface area contributed by atoms with E-state index in [0.717, 1.165) is 0 Å². The first-order valence-corrected chi connectivity index (χ1v) is 2.92. The highest BCUT2D eigenvalue weighted by molar-refractivity contribution is 5.89. The Balaban J connectivity index is 2.88. The van der Waals surface area contributed by atoms with E-state index < -0.39 is 12.4 Å². The SMILES string of the molecule is [2H]C1C=CC=CC([13C](=O)O)=C1. The standard InChI is InChI=1S/C8H8O2/c9-8(10)7-5-3-1-2-4-6-7/h1-3,5-6H,4H2,(H,9,10)/i4D,8+1. The first-order chi connectivity index (χ1) is 5.20. The maximum Gasteiger partial charge on any atom is 0.335 e. The minimum absolute atomic E-state index is 0.176. The predicted octanol–water partition coefficient (Wildman–Crippen LogP) is 1.51. The van der Waals surface area contributed by atoms with Gasteiger partial charge in [-0.1, -0.05) is 24.3 Å². The third-order valence-corrected chi connectivity index (χ3v) is 1.13. The maximum atomic E-state index is 10.4. The van der Waals surface area contributed by atoms with Crippen LogP contribution in [0.3, 0.4) is 0 Å². The van der Waals surface area contributed by atoms with E-state index in [9.17, 15) is 4.79 Å². The Kier molecular flexibility index (Phi) is 1.65. The van der Waals surface area contributed by atoms with Crippen LogP contribution in [0.25, 0.3) is 0 Å². The molecule has 0 aromatic rings. The summed E-state index contributed by atoms with van der Waals surface area (Å²) in [5.41, 5.74) is 0.176. The fraction of sp³-hybridized carbons (Fsp3) is 0.125. The molecule has 1 unspecified atom stereocenters. The smallest absolute Gasteiger partial charge is 0.335 e. The number of carboxylic acid groups (broad SMARTS) is 1. The van der Waals surface area contributed by atoms with Crippen molar-refractivity contribution >= 4 is 5.97 Å². The summed E-state index contributed by atoms with van der Waals surface area (Å²) < 4.78 is 7.27. The van der Waals surface area contributed by atoms with Crippen LogP contribution in [-0.2, 0) is 4.79 Å². The van der Waals surface area contributed by atoms with E-state index in [1.165, 1.54) is 12.2 Å². The van der Waals surface area contributed by atoms with Gasteiger partial charge in [-0.15, -0.1) is 0 Å². The predicted molar refractivity (Wildman–Crippen MR) is 38.6 cm³/mol. The first kappa shape index (κ1) is 5.47. The lowest BCUT2D eigenvalue weighted by molar-refractivity contribution is -0.132. The van der Waals surface area contributed by atoms with E-state index in [1.54, 1.807) is 18.2 Å². The van der Waals surface area contributed by atoms with Crippen LogP contribution in [0.5, 0.6) is 0 Å². The van der Waals surface area contributed by atoms with Crippen LogP contribution in [-0.4, -0.2) is 11.1 Å². The van der Waals surface area contributed by atoms with Gasteiger partial charge in [0, 0.05) is 1.37 Å². The molecule has 0 aliphatic heterocycles. The van der Waals surface area contributed by atoms with Crippen molar-refractivity contribution in [3.63, 3.8) is 0 Å². The normalized spacial score (nSPS) is 25.0. The van der Waals surface area contributed by atoms with Crippen molar-refractivity contribution in [2.75, 3.05) is 0 Å². The largest absolute Gasteiger partial charge is 0.478 e. The molecule has 2 heteroatoms. The van der Waals surface area contributed by atoms with Crippen molar-refractivity contribution in [2.24, 2.45) is 0 Å². The van der Waals surface area contributed by atoms with Crippen LogP contribution >= 0.6 is 0 Å². The zero-order chi connectivity index (χ0) is 8.27. The fourth-order valence-corrected chi connectivity index (χ4v) is 0.645. The monoisotopic (exact) mass is 138 g/mol. The second-order valence-electron chi connectivity index (χ2n) is 1.86. The third-order valence-electron chi connectivity index (χ3n) is 1.13. The van der Waals surface area contributed by atoms with Gasteiger partial charge in [-0.2, -0.15) is 0 Å². The number of hydrogen-bond acceptors (Lipinski definition) is 1. The van der Waals surface area contributed by atoms with Gasteiger partial charge in [0.15, 0.2) is 0 Å². The van der Waals surface area contributed by atoms with Gasteiger partial charge >= 0.3 is 5.97 Å². The number of carbonyl (C=O) groups is 1. The van der Waals surface area contributed by atoms with E-state index in [0.29, 0.717) is 0 Å². The quantitative estimate of drug-likeness (QED) is 0.557. The lowest BCUT2D eigenvalue weighted by atomic mass is 10.3. The minimum atomic E-state index is -0.984.